The van der Waals surface area contributed by atoms with Crippen LogP contribution in [0.4, 0.5) is 0 Å². The average Bonchev–Trinajstić information content (AvgIpc) is 2.65. The normalized spacial score (nSPS) is 17.9. The maximum atomic E-state index is 12.7. The first-order chi connectivity index (χ1) is 13.6. The standard InChI is InChI=1S/C25H24O4/c1-24(2)13-11-17-15-16(6-9-21(17)28-24)5-8-20(26)18-7-10-22-19(23(18)27)12-14-25(3,4)29-22/h5-15,27H,1-4H3. The molecule has 0 aliphatic carbocycles. The molecule has 0 fully saturated rings. The Hall–Kier alpha value is -3.27. The zero-order valence-corrected chi connectivity index (χ0v) is 17.0. The molecule has 4 heteroatoms. The summed E-state index contributed by atoms with van der Waals surface area (Å²) in [7, 11) is 0. The highest BCUT2D eigenvalue weighted by Gasteiger charge is 2.25. The third kappa shape index (κ3) is 3.83. The first-order valence-electron chi connectivity index (χ1n) is 9.62. The highest BCUT2D eigenvalue weighted by atomic mass is 16.5. The SMILES string of the molecule is CC1(C)C=Cc2cc(C=CC(=O)c3ccc4c(c3O)C=CC(C)(C)O4)ccc2O1. The summed E-state index contributed by atoms with van der Waals surface area (Å²) in [6.07, 6.45) is 10.9. The summed E-state index contributed by atoms with van der Waals surface area (Å²) in [5.41, 5.74) is 1.87. The Labute approximate surface area is 170 Å². The predicted octanol–water partition coefficient (Wildman–Crippen LogP) is 5.66. The first kappa shape index (κ1) is 19.1. The van der Waals surface area contributed by atoms with E-state index in [1.54, 1.807) is 24.3 Å². The van der Waals surface area contributed by atoms with Gasteiger partial charge in [-0.2, -0.15) is 0 Å². The number of fused-ring (bicyclic) bond motifs is 2. The molecule has 2 aliphatic rings. The van der Waals surface area contributed by atoms with E-state index in [1.165, 1.54) is 6.08 Å². The highest BCUT2D eigenvalue weighted by Crippen LogP contribution is 2.38. The zero-order valence-electron chi connectivity index (χ0n) is 17.0. The van der Waals surface area contributed by atoms with E-state index in [9.17, 15) is 9.90 Å². The van der Waals surface area contributed by atoms with Crippen LogP contribution in [0.2, 0.25) is 0 Å². The number of rotatable bonds is 3. The van der Waals surface area contributed by atoms with Crippen molar-refractivity contribution in [2.45, 2.75) is 38.9 Å². The minimum atomic E-state index is -0.440. The molecule has 2 aliphatic heterocycles. The smallest absolute Gasteiger partial charge is 0.189 e. The van der Waals surface area contributed by atoms with Crippen molar-refractivity contribution in [1.29, 1.82) is 0 Å². The molecular formula is C25H24O4. The number of phenols is 1. The minimum absolute atomic E-state index is 0.0621. The molecule has 2 heterocycles. The summed E-state index contributed by atoms with van der Waals surface area (Å²) in [5.74, 6) is 1.06. The number of hydrogen-bond acceptors (Lipinski definition) is 4. The maximum absolute atomic E-state index is 12.7. The van der Waals surface area contributed by atoms with Crippen LogP contribution in [0.25, 0.3) is 18.2 Å². The molecule has 0 saturated heterocycles. The summed E-state index contributed by atoms with van der Waals surface area (Å²) in [6, 6.07) is 9.11. The van der Waals surface area contributed by atoms with Crippen molar-refractivity contribution in [3.8, 4) is 17.2 Å². The molecule has 2 aromatic carbocycles. The molecule has 0 radical (unpaired) electrons. The van der Waals surface area contributed by atoms with Gasteiger partial charge in [-0.25, -0.2) is 0 Å². The van der Waals surface area contributed by atoms with Crippen molar-refractivity contribution < 1.29 is 19.4 Å². The van der Waals surface area contributed by atoms with Crippen LogP contribution in [0.5, 0.6) is 17.2 Å². The second-order valence-corrected chi connectivity index (χ2v) is 8.45. The number of carbonyl (C=O) groups is 1. The second kappa shape index (κ2) is 6.66. The fourth-order valence-electron chi connectivity index (χ4n) is 3.40. The lowest BCUT2D eigenvalue weighted by Gasteiger charge is -2.28. The lowest BCUT2D eigenvalue weighted by atomic mass is 9.97. The number of ether oxygens (including phenoxy) is 2. The van der Waals surface area contributed by atoms with Gasteiger partial charge in [0.1, 0.15) is 28.5 Å². The fraction of sp³-hybridized carbons (Fsp3) is 0.240. The van der Waals surface area contributed by atoms with Gasteiger partial charge in [0.15, 0.2) is 5.78 Å². The highest BCUT2D eigenvalue weighted by molar-refractivity contribution is 6.09. The molecular weight excluding hydrogens is 364 g/mol. The largest absolute Gasteiger partial charge is 0.506 e. The number of benzene rings is 2. The van der Waals surface area contributed by atoms with E-state index in [0.29, 0.717) is 11.3 Å². The van der Waals surface area contributed by atoms with Crippen LogP contribution >= 0.6 is 0 Å². The lowest BCUT2D eigenvalue weighted by molar-refractivity contribution is 0.104. The molecule has 0 atom stereocenters. The van der Waals surface area contributed by atoms with Gasteiger partial charge in [-0.05, 0) is 81.8 Å². The lowest BCUT2D eigenvalue weighted by Crippen LogP contribution is -2.27. The van der Waals surface area contributed by atoms with Gasteiger partial charge >= 0.3 is 0 Å². The number of hydrogen-bond donors (Lipinski definition) is 1. The summed E-state index contributed by atoms with van der Waals surface area (Å²) < 4.78 is 11.8. The predicted molar refractivity (Wildman–Crippen MR) is 115 cm³/mol. The van der Waals surface area contributed by atoms with Gasteiger partial charge in [-0.3, -0.25) is 4.79 Å². The quantitative estimate of drug-likeness (QED) is 0.545. The van der Waals surface area contributed by atoms with Gasteiger partial charge in [-0.15, -0.1) is 0 Å². The summed E-state index contributed by atoms with van der Waals surface area (Å²) in [5, 5.41) is 10.6. The summed E-state index contributed by atoms with van der Waals surface area (Å²) in [6.45, 7) is 7.88. The van der Waals surface area contributed by atoms with Crippen LogP contribution in [-0.4, -0.2) is 22.1 Å². The Morgan fingerprint density at radius 1 is 0.931 bits per heavy atom. The van der Waals surface area contributed by atoms with E-state index in [1.807, 2.05) is 64.1 Å². The summed E-state index contributed by atoms with van der Waals surface area (Å²) in [4.78, 5) is 12.7. The van der Waals surface area contributed by atoms with Gasteiger partial charge in [0.05, 0.1) is 11.1 Å². The molecule has 0 bridgehead atoms. The number of ketones is 1. The van der Waals surface area contributed by atoms with Crippen LogP contribution in [0.15, 0.2) is 48.6 Å². The fourth-order valence-corrected chi connectivity index (χ4v) is 3.40. The molecule has 4 nitrogen and oxygen atoms in total. The molecule has 4 rings (SSSR count). The average molecular weight is 388 g/mol. The molecule has 2 aromatic rings. The van der Waals surface area contributed by atoms with Crippen molar-refractivity contribution in [2.24, 2.45) is 0 Å². The Morgan fingerprint density at radius 3 is 2.34 bits per heavy atom. The number of allylic oxidation sites excluding steroid dienone is 1. The zero-order chi connectivity index (χ0) is 20.8. The third-order valence-corrected chi connectivity index (χ3v) is 4.97. The van der Waals surface area contributed by atoms with Crippen LogP contribution in [0.1, 0.15) is 54.7 Å². The molecule has 0 spiro atoms. The first-order valence-corrected chi connectivity index (χ1v) is 9.62. The summed E-state index contributed by atoms with van der Waals surface area (Å²) >= 11 is 0. The third-order valence-electron chi connectivity index (χ3n) is 4.97. The van der Waals surface area contributed by atoms with Crippen LogP contribution in [-0.2, 0) is 0 Å². The van der Waals surface area contributed by atoms with E-state index in [4.69, 9.17) is 9.47 Å². The van der Waals surface area contributed by atoms with Gasteiger partial charge < -0.3 is 14.6 Å². The Balaban J connectivity index is 1.57. The molecule has 0 aromatic heterocycles. The van der Waals surface area contributed by atoms with Crippen molar-refractivity contribution >= 4 is 24.0 Å². The van der Waals surface area contributed by atoms with Crippen molar-refractivity contribution in [1.82, 2.24) is 0 Å². The van der Waals surface area contributed by atoms with E-state index in [0.717, 1.165) is 16.9 Å². The van der Waals surface area contributed by atoms with Gasteiger partial charge in [0.2, 0.25) is 0 Å². The maximum Gasteiger partial charge on any atom is 0.189 e. The Kier molecular flexibility index (Phi) is 4.38. The van der Waals surface area contributed by atoms with Crippen LogP contribution < -0.4 is 9.47 Å². The number of carbonyl (C=O) groups excluding carboxylic acids is 1. The van der Waals surface area contributed by atoms with Crippen LogP contribution in [0.3, 0.4) is 0 Å². The molecule has 148 valence electrons. The van der Waals surface area contributed by atoms with E-state index in [2.05, 4.69) is 0 Å². The van der Waals surface area contributed by atoms with Gasteiger partial charge in [0.25, 0.3) is 0 Å². The second-order valence-electron chi connectivity index (χ2n) is 8.45. The molecule has 29 heavy (non-hydrogen) atoms. The van der Waals surface area contributed by atoms with E-state index >= 15 is 0 Å². The van der Waals surface area contributed by atoms with Crippen molar-refractivity contribution in [2.75, 3.05) is 0 Å². The van der Waals surface area contributed by atoms with Gasteiger partial charge in [-0.1, -0.05) is 18.2 Å². The number of phenolic OH excluding ortho intramolecular Hbond substituents is 1. The molecule has 1 N–H and O–H groups in total. The van der Waals surface area contributed by atoms with Crippen molar-refractivity contribution in [3.63, 3.8) is 0 Å². The van der Waals surface area contributed by atoms with Crippen LogP contribution in [0, 0.1) is 0 Å². The molecule has 0 saturated carbocycles. The number of aromatic hydroxyl groups is 1. The topological polar surface area (TPSA) is 55.8 Å². The van der Waals surface area contributed by atoms with E-state index in [-0.39, 0.29) is 22.7 Å². The Morgan fingerprint density at radius 2 is 1.59 bits per heavy atom. The van der Waals surface area contributed by atoms with Crippen molar-refractivity contribution in [3.05, 3.63) is 70.8 Å². The monoisotopic (exact) mass is 388 g/mol. The minimum Gasteiger partial charge on any atom is -0.506 e. The Bertz CT molecular complexity index is 1080. The van der Waals surface area contributed by atoms with Gasteiger partial charge in [0, 0.05) is 5.56 Å². The van der Waals surface area contributed by atoms with E-state index < -0.39 is 5.60 Å². The molecule has 0 unspecified atom stereocenters. The molecule has 0 amide bonds.